The fourth-order valence-corrected chi connectivity index (χ4v) is 5.86. The average molecular weight is 464 g/mol. The Morgan fingerprint density at radius 1 is 1.00 bits per heavy atom. The molecule has 2 aromatic rings. The standard InChI is InChI=1S/C26H29N3O5/c1-28(14-24(30)27-16-12-17-10-11-18(13-16)29(17)25(31)32)26(33)34-15-23-21-8-4-2-6-19(21)20-7-3-5-9-22(20)23/h2-9,16-18,23H,10-15H2,1H3,(H,27,30)(H,31,32)/t16-,17+,18-. The van der Waals surface area contributed by atoms with Crippen LogP contribution in [0.15, 0.2) is 48.5 Å². The van der Waals surface area contributed by atoms with Crippen LogP contribution >= 0.6 is 0 Å². The molecule has 178 valence electrons. The number of amides is 3. The van der Waals surface area contributed by atoms with E-state index >= 15 is 0 Å². The second-order valence-electron chi connectivity index (χ2n) is 9.47. The molecule has 2 saturated heterocycles. The number of nitrogens with zero attached hydrogens (tertiary/aromatic N) is 2. The van der Waals surface area contributed by atoms with Crippen LogP contribution in [0.5, 0.6) is 0 Å². The first kappa shape index (κ1) is 22.3. The zero-order valence-electron chi connectivity index (χ0n) is 19.1. The molecule has 0 aromatic heterocycles. The Bertz CT molecular complexity index is 1060. The van der Waals surface area contributed by atoms with Gasteiger partial charge in [0.1, 0.15) is 13.2 Å². The van der Waals surface area contributed by atoms with Gasteiger partial charge in [-0.2, -0.15) is 0 Å². The lowest BCUT2D eigenvalue weighted by atomic mass is 9.98. The molecular weight excluding hydrogens is 434 g/mol. The molecule has 3 amide bonds. The minimum Gasteiger partial charge on any atom is -0.465 e. The van der Waals surface area contributed by atoms with Gasteiger partial charge in [0.15, 0.2) is 0 Å². The lowest BCUT2D eigenvalue weighted by Crippen LogP contribution is -2.53. The number of nitrogens with one attached hydrogen (secondary N) is 1. The Labute approximate surface area is 198 Å². The highest BCUT2D eigenvalue weighted by atomic mass is 16.6. The number of rotatable bonds is 5. The molecule has 5 rings (SSSR count). The maximum absolute atomic E-state index is 12.6. The summed E-state index contributed by atoms with van der Waals surface area (Å²) in [6.45, 7) is 0.0982. The Morgan fingerprint density at radius 2 is 1.56 bits per heavy atom. The molecule has 3 atom stereocenters. The van der Waals surface area contributed by atoms with Gasteiger partial charge in [0.25, 0.3) is 0 Å². The van der Waals surface area contributed by atoms with E-state index in [2.05, 4.69) is 29.6 Å². The summed E-state index contributed by atoms with van der Waals surface area (Å²) in [5.41, 5.74) is 4.60. The van der Waals surface area contributed by atoms with Gasteiger partial charge in [0.2, 0.25) is 5.91 Å². The van der Waals surface area contributed by atoms with Crippen molar-refractivity contribution in [3.05, 3.63) is 59.7 Å². The van der Waals surface area contributed by atoms with Gasteiger partial charge >= 0.3 is 12.2 Å². The minimum absolute atomic E-state index is 0.0338. The quantitative estimate of drug-likeness (QED) is 0.705. The molecule has 8 nitrogen and oxygen atoms in total. The zero-order valence-corrected chi connectivity index (χ0v) is 19.1. The van der Waals surface area contributed by atoms with Crippen molar-refractivity contribution in [3.63, 3.8) is 0 Å². The third kappa shape index (κ3) is 4.08. The highest BCUT2D eigenvalue weighted by Gasteiger charge is 2.43. The Balaban J connectivity index is 1.14. The Morgan fingerprint density at radius 3 is 2.12 bits per heavy atom. The second kappa shape index (κ2) is 9.00. The summed E-state index contributed by atoms with van der Waals surface area (Å²) < 4.78 is 5.61. The minimum atomic E-state index is -0.882. The third-order valence-corrected chi connectivity index (χ3v) is 7.35. The monoisotopic (exact) mass is 463 g/mol. The van der Waals surface area contributed by atoms with Crippen LogP contribution in [0.3, 0.4) is 0 Å². The first-order chi connectivity index (χ1) is 16.4. The van der Waals surface area contributed by atoms with E-state index in [-0.39, 0.29) is 43.1 Å². The van der Waals surface area contributed by atoms with Gasteiger partial charge in [0.05, 0.1) is 0 Å². The molecule has 0 unspecified atom stereocenters. The molecular formula is C26H29N3O5. The molecule has 2 aromatic carbocycles. The number of likely N-dealkylation sites (N-methyl/N-ethyl adjacent to an activating group) is 1. The maximum Gasteiger partial charge on any atom is 0.409 e. The summed E-state index contributed by atoms with van der Waals surface area (Å²) in [5.74, 6) is -0.294. The molecule has 2 fully saturated rings. The summed E-state index contributed by atoms with van der Waals surface area (Å²) in [6, 6.07) is 16.1. The fourth-order valence-electron chi connectivity index (χ4n) is 5.86. The van der Waals surface area contributed by atoms with Crippen LogP contribution in [0.4, 0.5) is 9.59 Å². The van der Waals surface area contributed by atoms with Crippen molar-refractivity contribution in [2.45, 2.75) is 49.7 Å². The molecule has 2 aliphatic heterocycles. The van der Waals surface area contributed by atoms with Crippen molar-refractivity contribution >= 4 is 18.1 Å². The third-order valence-electron chi connectivity index (χ3n) is 7.35. The number of carbonyl (C=O) groups excluding carboxylic acids is 2. The van der Waals surface area contributed by atoms with Crippen molar-refractivity contribution in [1.82, 2.24) is 15.1 Å². The second-order valence-corrected chi connectivity index (χ2v) is 9.47. The van der Waals surface area contributed by atoms with Crippen LogP contribution in [0.25, 0.3) is 11.1 Å². The van der Waals surface area contributed by atoms with Crippen molar-refractivity contribution in [1.29, 1.82) is 0 Å². The maximum atomic E-state index is 12.6. The van der Waals surface area contributed by atoms with Gasteiger partial charge in [-0.1, -0.05) is 48.5 Å². The van der Waals surface area contributed by atoms with E-state index in [0.29, 0.717) is 12.8 Å². The molecule has 8 heteroatoms. The van der Waals surface area contributed by atoms with Crippen LogP contribution in [0.2, 0.25) is 0 Å². The normalized spacial score (nSPS) is 22.6. The van der Waals surface area contributed by atoms with Crippen LogP contribution in [0, 0.1) is 0 Å². The van der Waals surface area contributed by atoms with Gasteiger partial charge in [-0.15, -0.1) is 0 Å². The zero-order chi connectivity index (χ0) is 23.8. The topological polar surface area (TPSA) is 99.2 Å². The van der Waals surface area contributed by atoms with Crippen molar-refractivity contribution < 1.29 is 24.2 Å². The smallest absolute Gasteiger partial charge is 0.409 e. The predicted molar refractivity (Wildman–Crippen MR) is 126 cm³/mol. The Hall–Kier alpha value is -3.55. The predicted octanol–water partition coefficient (Wildman–Crippen LogP) is 3.66. The number of hydrogen-bond acceptors (Lipinski definition) is 4. The number of piperidine rings is 1. The SMILES string of the molecule is CN(CC(=O)N[C@H]1C[C@H]2CC[C@@H](C1)N2C(=O)O)C(=O)OCC1c2ccccc2-c2ccccc21. The first-order valence-corrected chi connectivity index (χ1v) is 11.8. The summed E-state index contributed by atoms with van der Waals surface area (Å²) >= 11 is 0. The molecule has 0 radical (unpaired) electrons. The first-order valence-electron chi connectivity index (χ1n) is 11.8. The molecule has 34 heavy (non-hydrogen) atoms. The van der Waals surface area contributed by atoms with E-state index in [4.69, 9.17) is 4.74 Å². The van der Waals surface area contributed by atoms with Gasteiger partial charge in [0, 0.05) is 31.1 Å². The van der Waals surface area contributed by atoms with Crippen LogP contribution < -0.4 is 5.32 Å². The van der Waals surface area contributed by atoms with Gasteiger partial charge in [-0.25, -0.2) is 9.59 Å². The van der Waals surface area contributed by atoms with Crippen LogP contribution in [0.1, 0.15) is 42.7 Å². The number of benzene rings is 2. The van der Waals surface area contributed by atoms with E-state index < -0.39 is 12.2 Å². The Kier molecular flexibility index (Phi) is 5.89. The van der Waals surface area contributed by atoms with E-state index in [1.807, 2.05) is 24.3 Å². The molecule has 2 heterocycles. The van der Waals surface area contributed by atoms with Crippen molar-refractivity contribution in [2.75, 3.05) is 20.2 Å². The lowest BCUT2D eigenvalue weighted by molar-refractivity contribution is -0.122. The highest BCUT2D eigenvalue weighted by Crippen LogP contribution is 2.44. The van der Waals surface area contributed by atoms with Crippen molar-refractivity contribution in [2.24, 2.45) is 0 Å². The highest BCUT2D eigenvalue weighted by molar-refractivity contribution is 5.83. The summed E-state index contributed by atoms with van der Waals surface area (Å²) in [4.78, 5) is 39.5. The van der Waals surface area contributed by atoms with Crippen molar-refractivity contribution in [3.8, 4) is 11.1 Å². The van der Waals surface area contributed by atoms with E-state index in [1.54, 1.807) is 7.05 Å². The molecule has 0 spiro atoms. The molecule has 3 aliphatic rings. The average Bonchev–Trinajstić information content (AvgIpc) is 3.29. The molecule has 1 aliphatic carbocycles. The number of fused-ring (bicyclic) bond motifs is 5. The van der Waals surface area contributed by atoms with Gasteiger partial charge in [-0.3, -0.25) is 4.79 Å². The molecule has 2 N–H and O–H groups in total. The van der Waals surface area contributed by atoms with E-state index in [1.165, 1.54) is 9.80 Å². The van der Waals surface area contributed by atoms with E-state index in [0.717, 1.165) is 35.1 Å². The van der Waals surface area contributed by atoms with Crippen LogP contribution in [-0.2, 0) is 9.53 Å². The number of ether oxygens (including phenoxy) is 1. The van der Waals surface area contributed by atoms with E-state index in [9.17, 15) is 19.5 Å². The largest absolute Gasteiger partial charge is 0.465 e. The summed E-state index contributed by atoms with van der Waals surface area (Å²) in [6.07, 6.45) is 1.48. The summed E-state index contributed by atoms with van der Waals surface area (Å²) in [7, 11) is 1.55. The number of hydrogen-bond donors (Lipinski definition) is 2. The number of carbonyl (C=O) groups is 3. The number of carboxylic acid groups (broad SMARTS) is 1. The molecule has 0 saturated carbocycles. The van der Waals surface area contributed by atoms with Gasteiger partial charge in [-0.05, 0) is 47.9 Å². The summed E-state index contributed by atoms with van der Waals surface area (Å²) in [5, 5.41) is 12.4. The lowest BCUT2D eigenvalue weighted by Gasteiger charge is -2.37. The van der Waals surface area contributed by atoms with Crippen LogP contribution in [-0.4, -0.2) is 71.3 Å². The fraction of sp³-hybridized carbons (Fsp3) is 0.423. The van der Waals surface area contributed by atoms with Gasteiger partial charge < -0.3 is 25.0 Å². The molecule has 2 bridgehead atoms.